The van der Waals surface area contributed by atoms with Crippen LogP contribution in [-0.2, 0) is 15.8 Å². The van der Waals surface area contributed by atoms with Crippen molar-refractivity contribution in [3.8, 4) is 0 Å². The van der Waals surface area contributed by atoms with Gasteiger partial charge in [-0.15, -0.1) is 0 Å². The van der Waals surface area contributed by atoms with Crippen molar-refractivity contribution < 1.29 is 32.7 Å². The van der Waals surface area contributed by atoms with E-state index in [4.69, 9.17) is 10.8 Å². The van der Waals surface area contributed by atoms with Gasteiger partial charge in [0.2, 0.25) is 5.91 Å². The molecule has 0 unspecified atom stereocenters. The molecule has 1 aromatic rings. The van der Waals surface area contributed by atoms with Gasteiger partial charge in [0.05, 0.1) is 11.3 Å². The summed E-state index contributed by atoms with van der Waals surface area (Å²) >= 11 is 0. The lowest BCUT2D eigenvalue weighted by Gasteiger charge is -2.21. The van der Waals surface area contributed by atoms with E-state index in [2.05, 4.69) is 5.43 Å². The van der Waals surface area contributed by atoms with Gasteiger partial charge < -0.3 is 10.8 Å². The first kappa shape index (κ1) is 18.3. The van der Waals surface area contributed by atoms with Crippen LogP contribution in [0.2, 0.25) is 0 Å². The van der Waals surface area contributed by atoms with E-state index in [-0.39, 0.29) is 24.9 Å². The summed E-state index contributed by atoms with van der Waals surface area (Å²) in [6, 6.07) is 2.33. The molecule has 0 atom stereocenters. The number of rotatable bonds is 5. The van der Waals surface area contributed by atoms with Gasteiger partial charge in [-0.1, -0.05) is 0 Å². The van der Waals surface area contributed by atoms with Crippen LogP contribution >= 0.6 is 0 Å². The molecule has 23 heavy (non-hydrogen) atoms. The number of aliphatic carboxylic acids is 1. The molecule has 0 saturated carbocycles. The second-order valence-corrected chi connectivity index (χ2v) is 4.50. The predicted molar refractivity (Wildman–Crippen MR) is 73.1 cm³/mol. The average Bonchev–Trinajstić information content (AvgIpc) is 2.43. The first-order chi connectivity index (χ1) is 10.6. The molecule has 10 heteroatoms. The number of carboxylic acids is 1. The molecule has 0 saturated heterocycles. The molecule has 0 radical (unpaired) electrons. The smallest absolute Gasteiger partial charge is 0.416 e. The number of carboxylic acid groups (broad SMARTS) is 1. The van der Waals surface area contributed by atoms with E-state index in [9.17, 15) is 27.6 Å². The van der Waals surface area contributed by atoms with Gasteiger partial charge in [0.25, 0.3) is 0 Å². The van der Waals surface area contributed by atoms with E-state index in [1.54, 1.807) is 0 Å². The number of anilines is 1. The first-order valence-corrected chi connectivity index (χ1v) is 6.39. The number of amides is 3. The van der Waals surface area contributed by atoms with Crippen molar-refractivity contribution in [3.63, 3.8) is 0 Å². The highest BCUT2D eigenvalue weighted by Crippen LogP contribution is 2.30. The van der Waals surface area contributed by atoms with Crippen molar-refractivity contribution in [1.29, 1.82) is 0 Å². The third kappa shape index (κ3) is 5.85. The van der Waals surface area contributed by atoms with Gasteiger partial charge in [-0.3, -0.25) is 15.0 Å². The Morgan fingerprint density at radius 2 is 1.70 bits per heavy atom. The molecule has 0 aliphatic rings. The van der Waals surface area contributed by atoms with E-state index in [1.165, 1.54) is 0 Å². The zero-order chi connectivity index (χ0) is 17.6. The van der Waals surface area contributed by atoms with Gasteiger partial charge in [-0.25, -0.2) is 9.80 Å². The molecule has 4 N–H and O–H groups in total. The number of nitrogens with one attached hydrogen (secondary N) is 1. The number of hydrogen-bond donors (Lipinski definition) is 3. The van der Waals surface area contributed by atoms with Crippen molar-refractivity contribution in [1.82, 2.24) is 5.43 Å². The van der Waals surface area contributed by atoms with Crippen LogP contribution < -0.4 is 16.2 Å². The molecular formula is C13H14F3N3O4. The fourth-order valence-electron chi connectivity index (χ4n) is 1.63. The Morgan fingerprint density at radius 1 is 1.13 bits per heavy atom. The zero-order valence-electron chi connectivity index (χ0n) is 11.8. The average molecular weight is 333 g/mol. The van der Waals surface area contributed by atoms with Crippen molar-refractivity contribution >= 4 is 23.6 Å². The Hall–Kier alpha value is -2.78. The highest BCUT2D eigenvalue weighted by atomic mass is 19.4. The first-order valence-electron chi connectivity index (χ1n) is 6.39. The molecule has 1 rings (SSSR count). The van der Waals surface area contributed by atoms with Gasteiger partial charge in [0.1, 0.15) is 0 Å². The Kier molecular flexibility index (Phi) is 5.94. The van der Waals surface area contributed by atoms with Crippen molar-refractivity contribution in [2.24, 2.45) is 5.73 Å². The fourth-order valence-corrected chi connectivity index (χ4v) is 1.63. The number of halogens is 3. The van der Waals surface area contributed by atoms with E-state index in [0.29, 0.717) is 5.01 Å². The summed E-state index contributed by atoms with van der Waals surface area (Å²) in [5.41, 5.74) is 6.21. The second-order valence-electron chi connectivity index (χ2n) is 4.50. The Bertz CT molecular complexity index is 587. The summed E-state index contributed by atoms with van der Waals surface area (Å²) in [6.07, 6.45) is -4.90. The van der Waals surface area contributed by atoms with Crippen molar-refractivity contribution in [2.75, 3.05) is 5.01 Å². The number of carbonyl (C=O) groups excluding carboxylic acids is 2. The van der Waals surface area contributed by atoms with Gasteiger partial charge in [-0.2, -0.15) is 13.2 Å². The summed E-state index contributed by atoms with van der Waals surface area (Å²) in [6.45, 7) is 0. The van der Waals surface area contributed by atoms with Crippen LogP contribution in [0.5, 0.6) is 0 Å². The quantitative estimate of drug-likeness (QED) is 0.714. The highest BCUT2D eigenvalue weighted by Gasteiger charge is 2.30. The number of nitrogens with two attached hydrogens (primary N) is 1. The maximum atomic E-state index is 12.5. The van der Waals surface area contributed by atoms with Gasteiger partial charge in [0.15, 0.2) is 0 Å². The lowest BCUT2D eigenvalue weighted by atomic mass is 10.2. The minimum atomic E-state index is -4.53. The lowest BCUT2D eigenvalue weighted by Crippen LogP contribution is -2.49. The predicted octanol–water partition coefficient (Wildman–Crippen LogP) is 1.88. The highest BCUT2D eigenvalue weighted by molar-refractivity contribution is 5.94. The van der Waals surface area contributed by atoms with Crippen molar-refractivity contribution in [3.05, 3.63) is 29.8 Å². The van der Waals surface area contributed by atoms with Crippen LogP contribution in [0.15, 0.2) is 24.3 Å². The molecule has 0 spiro atoms. The van der Waals surface area contributed by atoms with E-state index < -0.39 is 29.6 Å². The van der Waals surface area contributed by atoms with Crippen LogP contribution in [-0.4, -0.2) is 23.0 Å². The second kappa shape index (κ2) is 7.47. The van der Waals surface area contributed by atoms with Crippen LogP contribution in [0.25, 0.3) is 0 Å². The van der Waals surface area contributed by atoms with Crippen LogP contribution in [0.4, 0.5) is 23.7 Å². The SMILES string of the molecule is NC(=O)N(NC(=O)CCCC(=O)O)c1ccc(C(F)(F)F)cc1. The van der Waals surface area contributed by atoms with Crippen molar-refractivity contribution in [2.45, 2.75) is 25.4 Å². The standard InChI is InChI=1S/C13H14F3N3O4/c14-13(15,16)8-4-6-9(7-5-8)19(12(17)23)18-10(20)2-1-3-11(21)22/h4-7H,1-3H2,(H2,17,23)(H,18,20)(H,21,22). The van der Waals surface area contributed by atoms with E-state index in [0.717, 1.165) is 24.3 Å². The number of urea groups is 1. The number of carbonyl (C=O) groups is 3. The summed E-state index contributed by atoms with van der Waals surface area (Å²) in [4.78, 5) is 33.3. The minimum absolute atomic E-state index is 0.0424. The summed E-state index contributed by atoms with van der Waals surface area (Å²) < 4.78 is 37.4. The number of hydrazine groups is 1. The molecule has 3 amide bonds. The maximum Gasteiger partial charge on any atom is 0.416 e. The van der Waals surface area contributed by atoms with Gasteiger partial charge in [-0.05, 0) is 30.7 Å². The number of nitrogens with zero attached hydrogens (tertiary/aromatic N) is 1. The molecule has 0 heterocycles. The summed E-state index contributed by atoms with van der Waals surface area (Å²) in [7, 11) is 0. The van der Waals surface area contributed by atoms with E-state index >= 15 is 0 Å². The third-order valence-corrected chi connectivity index (χ3v) is 2.70. The topological polar surface area (TPSA) is 113 Å². The number of benzene rings is 1. The third-order valence-electron chi connectivity index (χ3n) is 2.70. The molecule has 126 valence electrons. The normalized spacial score (nSPS) is 10.9. The Labute approximate surface area is 128 Å². The number of primary amides is 1. The van der Waals surface area contributed by atoms with Crippen LogP contribution in [0.3, 0.4) is 0 Å². The molecular weight excluding hydrogens is 319 g/mol. The zero-order valence-corrected chi connectivity index (χ0v) is 11.8. The largest absolute Gasteiger partial charge is 0.481 e. The van der Waals surface area contributed by atoms with Gasteiger partial charge >= 0.3 is 18.2 Å². The monoisotopic (exact) mass is 333 g/mol. The molecule has 0 aliphatic carbocycles. The van der Waals surface area contributed by atoms with Crippen LogP contribution in [0, 0.1) is 0 Å². The summed E-state index contributed by atoms with van der Waals surface area (Å²) in [5.74, 6) is -1.77. The minimum Gasteiger partial charge on any atom is -0.481 e. The molecule has 0 bridgehead atoms. The summed E-state index contributed by atoms with van der Waals surface area (Å²) in [5, 5.41) is 9.04. The molecule has 0 aliphatic heterocycles. The Balaban J connectivity index is 2.77. The maximum absolute atomic E-state index is 12.5. The van der Waals surface area contributed by atoms with Gasteiger partial charge in [0, 0.05) is 12.8 Å². The van der Waals surface area contributed by atoms with Crippen LogP contribution in [0.1, 0.15) is 24.8 Å². The number of alkyl halides is 3. The molecule has 0 aromatic heterocycles. The Morgan fingerprint density at radius 3 is 2.13 bits per heavy atom. The molecule has 7 nitrogen and oxygen atoms in total. The number of hydrogen-bond acceptors (Lipinski definition) is 3. The fraction of sp³-hybridized carbons (Fsp3) is 0.308. The van der Waals surface area contributed by atoms with E-state index in [1.807, 2.05) is 0 Å². The lowest BCUT2D eigenvalue weighted by molar-refractivity contribution is -0.138. The molecule has 0 fully saturated rings. The molecule has 1 aromatic carbocycles.